The second-order valence-corrected chi connectivity index (χ2v) is 12.9. The van der Waals surface area contributed by atoms with E-state index in [-0.39, 0.29) is 24.5 Å². The number of hydrogen-bond acceptors (Lipinski definition) is 7. The van der Waals surface area contributed by atoms with Gasteiger partial charge >= 0.3 is 11.4 Å². The van der Waals surface area contributed by atoms with Crippen LogP contribution in [0.1, 0.15) is 29.5 Å². The summed E-state index contributed by atoms with van der Waals surface area (Å²) in [5, 5.41) is 12.4. The number of phenols is 1. The lowest BCUT2D eigenvalue weighted by atomic mass is 9.53. The van der Waals surface area contributed by atoms with Gasteiger partial charge in [-0.25, -0.2) is 27.9 Å². The summed E-state index contributed by atoms with van der Waals surface area (Å²) in [7, 11) is 1.42. The number of carbonyl (C=O) groups excluding carboxylic acids is 2. The summed E-state index contributed by atoms with van der Waals surface area (Å²) in [6.07, 6.45) is 1.81. The first kappa shape index (κ1) is 31.4. The Morgan fingerprint density at radius 1 is 0.920 bits per heavy atom. The molecule has 0 spiro atoms. The zero-order valence-electron chi connectivity index (χ0n) is 26.5. The predicted molar refractivity (Wildman–Crippen MR) is 182 cm³/mol. The van der Waals surface area contributed by atoms with Crippen LogP contribution in [0.2, 0.25) is 5.02 Å². The first-order valence-corrected chi connectivity index (χ1v) is 16.3. The van der Waals surface area contributed by atoms with Gasteiger partial charge in [-0.15, -0.1) is 0 Å². The van der Waals surface area contributed by atoms with E-state index in [0.717, 1.165) is 9.58 Å². The van der Waals surface area contributed by atoms with Crippen molar-refractivity contribution in [1.82, 2.24) is 18.9 Å². The summed E-state index contributed by atoms with van der Waals surface area (Å²) in [6.45, 7) is 0.0133. The molecule has 5 aromatic rings. The molecule has 252 valence electrons. The van der Waals surface area contributed by atoms with Crippen LogP contribution in [-0.2, 0) is 21.5 Å². The van der Waals surface area contributed by atoms with Crippen LogP contribution in [0.3, 0.4) is 0 Å². The molecule has 4 unspecified atom stereocenters. The Morgan fingerprint density at radius 3 is 2.32 bits per heavy atom. The number of allylic oxidation sites excluding steroid dienone is 2. The second-order valence-electron chi connectivity index (χ2n) is 12.5. The van der Waals surface area contributed by atoms with Gasteiger partial charge < -0.3 is 9.84 Å². The molecule has 8 rings (SSSR count). The first-order valence-electron chi connectivity index (χ1n) is 15.9. The lowest BCUT2D eigenvalue weighted by molar-refractivity contribution is -0.138. The molecule has 2 N–H and O–H groups in total. The molecule has 2 aliphatic heterocycles. The number of ether oxygens (including phenoxy) is 1. The number of methoxy groups -OCH3 is 1. The third-order valence-corrected chi connectivity index (χ3v) is 10.3. The number of fused-ring (bicyclic) bond motifs is 4. The number of aromatic hydroxyl groups is 1. The van der Waals surface area contributed by atoms with Crippen LogP contribution >= 0.6 is 11.6 Å². The Morgan fingerprint density at radius 2 is 1.64 bits per heavy atom. The van der Waals surface area contributed by atoms with E-state index in [1.807, 2.05) is 6.08 Å². The molecule has 3 heterocycles. The number of carbonyl (C=O) groups is 2. The van der Waals surface area contributed by atoms with Crippen molar-refractivity contribution < 1.29 is 23.8 Å². The van der Waals surface area contributed by atoms with Crippen molar-refractivity contribution in [2.24, 2.45) is 5.92 Å². The Kier molecular flexibility index (Phi) is 7.30. The average Bonchev–Trinajstić information content (AvgIpc) is 3.50. The van der Waals surface area contributed by atoms with Crippen molar-refractivity contribution >= 4 is 29.1 Å². The van der Waals surface area contributed by atoms with E-state index >= 15 is 4.79 Å². The first-order chi connectivity index (χ1) is 24.1. The molecule has 0 bridgehead atoms. The molecule has 1 aromatic heterocycles. The minimum Gasteiger partial charge on any atom is -0.504 e. The van der Waals surface area contributed by atoms with Crippen molar-refractivity contribution in [2.45, 2.75) is 30.3 Å². The largest absolute Gasteiger partial charge is 0.504 e. The maximum atomic E-state index is 15.1. The van der Waals surface area contributed by atoms with Gasteiger partial charge in [-0.3, -0.25) is 15.0 Å². The molecule has 11 nitrogen and oxygen atoms in total. The molecule has 1 saturated heterocycles. The van der Waals surface area contributed by atoms with Gasteiger partial charge in [-0.1, -0.05) is 54.1 Å². The molecule has 3 aliphatic rings. The topological polar surface area (TPSA) is 128 Å². The van der Waals surface area contributed by atoms with Crippen LogP contribution in [0.4, 0.5) is 10.1 Å². The Bertz CT molecular complexity index is 2330. The van der Waals surface area contributed by atoms with E-state index in [9.17, 15) is 23.9 Å². The molecule has 4 aromatic carbocycles. The van der Waals surface area contributed by atoms with Crippen LogP contribution in [0.5, 0.6) is 11.5 Å². The van der Waals surface area contributed by atoms with Crippen molar-refractivity contribution in [3.8, 4) is 17.2 Å². The number of phenolic OH excluding ortho intramolecular Hbond substituents is 1. The molecule has 2 amide bonds. The average molecular weight is 694 g/mol. The second kappa shape index (κ2) is 11.6. The summed E-state index contributed by atoms with van der Waals surface area (Å²) in [4.78, 5) is 57.8. The van der Waals surface area contributed by atoms with E-state index in [2.05, 4.69) is 5.43 Å². The Hall–Kier alpha value is -5.88. The number of nitrogens with zero attached hydrogens (tertiary/aromatic N) is 4. The number of anilines is 1. The van der Waals surface area contributed by atoms with Gasteiger partial charge in [-0.05, 0) is 83.8 Å². The number of amides is 2. The van der Waals surface area contributed by atoms with Crippen LogP contribution < -0.4 is 21.5 Å². The lowest BCUT2D eigenvalue weighted by Crippen LogP contribution is -2.53. The summed E-state index contributed by atoms with van der Waals surface area (Å²) >= 11 is 6.33. The molecule has 0 radical (unpaired) electrons. The van der Waals surface area contributed by atoms with Gasteiger partial charge in [0.15, 0.2) is 11.5 Å². The number of rotatable bonds is 6. The number of nitrogens with one attached hydrogen (secondary N) is 1. The van der Waals surface area contributed by atoms with Crippen LogP contribution in [0.15, 0.2) is 118 Å². The number of hydrazine groups is 1. The fourth-order valence-corrected chi connectivity index (χ4v) is 8.10. The van der Waals surface area contributed by atoms with Gasteiger partial charge in [0.1, 0.15) is 5.82 Å². The number of para-hydroxylation sites is 1. The fourth-order valence-electron chi connectivity index (χ4n) is 7.98. The van der Waals surface area contributed by atoms with Crippen molar-refractivity contribution in [3.63, 3.8) is 0 Å². The summed E-state index contributed by atoms with van der Waals surface area (Å²) < 4.78 is 23.0. The molecule has 50 heavy (non-hydrogen) atoms. The standard InChI is InChI=1S/C37H29ClFN5O6/c1-50-31-16-7-21(19-30(31)45)32-27-17-18-41-35(48)42(26-5-3-2-4-6-26)36(49)44(41)29(27)20-28-33(46)43(40-25-14-12-24(39)13-15-25)34(47)37(28,32)22-8-10-23(38)11-9-22/h2-17,19,28-29,32,40,45H,18,20H2,1H3. The van der Waals surface area contributed by atoms with E-state index in [0.29, 0.717) is 33.1 Å². The van der Waals surface area contributed by atoms with Crippen molar-refractivity contribution in [1.29, 1.82) is 0 Å². The summed E-state index contributed by atoms with van der Waals surface area (Å²) in [5.74, 6) is -3.63. The highest BCUT2D eigenvalue weighted by Gasteiger charge is 2.68. The van der Waals surface area contributed by atoms with E-state index in [1.165, 1.54) is 46.8 Å². The lowest BCUT2D eigenvalue weighted by Gasteiger charge is -2.49. The molecular weight excluding hydrogens is 665 g/mol. The quantitative estimate of drug-likeness (QED) is 0.191. The van der Waals surface area contributed by atoms with Crippen molar-refractivity contribution in [2.75, 3.05) is 12.5 Å². The highest BCUT2D eigenvalue weighted by molar-refractivity contribution is 6.30. The molecular formula is C37H29ClFN5O6. The number of halogens is 2. The Labute approximate surface area is 289 Å². The van der Waals surface area contributed by atoms with Gasteiger partial charge in [0.25, 0.3) is 11.8 Å². The highest BCUT2D eigenvalue weighted by atomic mass is 35.5. The zero-order chi connectivity index (χ0) is 34.9. The third-order valence-electron chi connectivity index (χ3n) is 10.1. The zero-order valence-corrected chi connectivity index (χ0v) is 27.3. The van der Waals surface area contributed by atoms with E-state index in [4.69, 9.17) is 16.3 Å². The summed E-state index contributed by atoms with van der Waals surface area (Å²) in [6, 6.07) is 24.5. The van der Waals surface area contributed by atoms with Crippen LogP contribution in [-0.4, -0.2) is 43.0 Å². The minimum atomic E-state index is -1.61. The molecule has 4 atom stereocenters. The monoisotopic (exact) mass is 693 g/mol. The highest BCUT2D eigenvalue weighted by Crippen LogP contribution is 2.62. The Balaban J connectivity index is 1.38. The fraction of sp³-hybridized carbons (Fsp3) is 0.189. The van der Waals surface area contributed by atoms with Crippen LogP contribution in [0.25, 0.3) is 5.69 Å². The van der Waals surface area contributed by atoms with Gasteiger partial charge in [0, 0.05) is 10.9 Å². The predicted octanol–water partition coefficient (Wildman–Crippen LogP) is 4.93. The van der Waals surface area contributed by atoms with Crippen LogP contribution in [0, 0.1) is 11.7 Å². The molecule has 13 heteroatoms. The molecule has 1 aliphatic carbocycles. The molecule has 2 fully saturated rings. The number of benzene rings is 4. The minimum absolute atomic E-state index is 0.0133. The maximum Gasteiger partial charge on any atom is 0.352 e. The van der Waals surface area contributed by atoms with Crippen molar-refractivity contribution in [3.05, 3.63) is 152 Å². The van der Waals surface area contributed by atoms with Gasteiger partial charge in [0.05, 0.1) is 42.4 Å². The normalized spacial score (nSPS) is 22.4. The maximum absolute atomic E-state index is 15.1. The van der Waals surface area contributed by atoms with E-state index in [1.54, 1.807) is 66.7 Å². The number of aromatic nitrogens is 3. The summed E-state index contributed by atoms with van der Waals surface area (Å²) in [5.41, 5.74) is 2.45. The molecule has 1 saturated carbocycles. The SMILES string of the molecule is COc1ccc(C2C3=CCn4c(=O)n(-c5ccccc5)c(=O)n4C3CC3C(=O)N(Nc4ccc(F)cc4)C(=O)C32c2ccc(Cl)cc2)cc1O. The number of imide groups is 1. The number of hydrogen-bond donors (Lipinski definition) is 2. The van der Waals surface area contributed by atoms with Gasteiger partial charge in [0.2, 0.25) is 0 Å². The van der Waals surface area contributed by atoms with Gasteiger partial charge in [-0.2, -0.15) is 5.01 Å². The van der Waals surface area contributed by atoms with E-state index < -0.39 is 52.3 Å². The third kappa shape index (κ3) is 4.48. The smallest absolute Gasteiger partial charge is 0.352 e.